The van der Waals surface area contributed by atoms with Gasteiger partial charge in [0.1, 0.15) is 0 Å². The van der Waals surface area contributed by atoms with Gasteiger partial charge in [0.2, 0.25) is 10.0 Å². The van der Waals surface area contributed by atoms with E-state index in [0.29, 0.717) is 13.1 Å². The third-order valence-corrected chi connectivity index (χ3v) is 4.79. The molecule has 1 fully saturated rings. The lowest BCUT2D eigenvalue weighted by Gasteiger charge is -2.18. The van der Waals surface area contributed by atoms with Crippen LogP contribution in [0.1, 0.15) is 5.56 Å². The Bertz CT molecular complexity index is 592. The van der Waals surface area contributed by atoms with Crippen molar-refractivity contribution >= 4 is 10.0 Å². The number of hydrogen-bond acceptors (Lipinski definition) is 5. The Morgan fingerprint density at radius 3 is 2.70 bits per heavy atom. The minimum absolute atomic E-state index is 0.164. The summed E-state index contributed by atoms with van der Waals surface area (Å²) in [5, 5.41) is 11.7. The average Bonchev–Trinajstić information content (AvgIpc) is 2.86. The van der Waals surface area contributed by atoms with E-state index in [1.807, 2.05) is 6.07 Å². The molecule has 0 radical (unpaired) electrons. The molecule has 1 heterocycles. The van der Waals surface area contributed by atoms with E-state index < -0.39 is 10.0 Å². The first-order valence-electron chi connectivity index (χ1n) is 6.28. The molecule has 7 heteroatoms. The van der Waals surface area contributed by atoms with Crippen molar-refractivity contribution in [3.8, 4) is 6.07 Å². The smallest absolute Gasteiger partial charge is 0.240 e. The maximum absolute atomic E-state index is 12.3. The highest BCUT2D eigenvalue weighted by Crippen LogP contribution is 2.13. The number of ether oxygens (including phenoxy) is 1. The second-order valence-electron chi connectivity index (χ2n) is 4.64. The maximum atomic E-state index is 12.3. The van der Waals surface area contributed by atoms with Gasteiger partial charge in [0, 0.05) is 20.2 Å². The number of methoxy groups -OCH3 is 1. The molecule has 0 spiro atoms. The summed E-state index contributed by atoms with van der Waals surface area (Å²) in [7, 11) is -2.01. The van der Waals surface area contributed by atoms with E-state index in [4.69, 9.17) is 10.00 Å². The number of benzene rings is 1. The van der Waals surface area contributed by atoms with Gasteiger partial charge in [-0.15, -0.1) is 0 Å². The van der Waals surface area contributed by atoms with Gasteiger partial charge >= 0.3 is 0 Å². The molecule has 1 aromatic carbocycles. The number of nitriles is 1. The number of rotatable bonds is 5. The number of hydrogen-bond donors (Lipinski definition) is 2. The Morgan fingerprint density at radius 1 is 1.40 bits per heavy atom. The summed E-state index contributed by atoms with van der Waals surface area (Å²) in [6.07, 6.45) is 0.106. The molecule has 2 N–H and O–H groups in total. The molecule has 0 saturated carbocycles. The Balaban J connectivity index is 2.12. The molecular weight excluding hydrogens is 278 g/mol. The third kappa shape index (κ3) is 3.35. The fraction of sp³-hybridized carbons (Fsp3) is 0.462. The summed E-state index contributed by atoms with van der Waals surface area (Å²) in [5.41, 5.74) is 0.795. The standard InChI is InChI=1S/C13H17N3O3S/c1-19-13-9-15-8-12(13)16-20(17,18)11-4-2-10(3-5-11)6-7-14/h2-5,12-13,15-16H,6,8-9H2,1H3/t12?,13-/m0/s1. The van der Waals surface area contributed by atoms with Crippen LogP contribution in [-0.4, -0.2) is 40.8 Å². The van der Waals surface area contributed by atoms with Crippen LogP contribution < -0.4 is 10.0 Å². The molecular formula is C13H17N3O3S. The van der Waals surface area contributed by atoms with Gasteiger partial charge in [0.15, 0.2) is 0 Å². The van der Waals surface area contributed by atoms with Gasteiger partial charge in [-0.2, -0.15) is 5.26 Å². The Morgan fingerprint density at radius 2 is 2.10 bits per heavy atom. The van der Waals surface area contributed by atoms with Crippen LogP contribution in [0.5, 0.6) is 0 Å². The predicted octanol–water partition coefficient (Wildman–Crippen LogP) is 0.0178. The van der Waals surface area contributed by atoms with Crippen LogP contribution in [0.3, 0.4) is 0 Å². The van der Waals surface area contributed by atoms with Crippen LogP contribution in [-0.2, 0) is 21.2 Å². The molecule has 0 aliphatic carbocycles. The average molecular weight is 295 g/mol. The van der Waals surface area contributed by atoms with Gasteiger partial charge in [-0.1, -0.05) is 12.1 Å². The number of nitrogens with zero attached hydrogens (tertiary/aromatic N) is 1. The van der Waals surface area contributed by atoms with Gasteiger partial charge in [0.05, 0.1) is 29.5 Å². The van der Waals surface area contributed by atoms with Gasteiger partial charge in [-0.3, -0.25) is 0 Å². The van der Waals surface area contributed by atoms with Crippen molar-refractivity contribution < 1.29 is 13.2 Å². The predicted molar refractivity (Wildman–Crippen MR) is 73.5 cm³/mol. The van der Waals surface area contributed by atoms with E-state index in [1.165, 1.54) is 12.1 Å². The van der Waals surface area contributed by atoms with Crippen LogP contribution in [0.2, 0.25) is 0 Å². The maximum Gasteiger partial charge on any atom is 0.240 e. The van der Waals surface area contributed by atoms with E-state index >= 15 is 0 Å². The molecule has 1 aliphatic heterocycles. The first-order chi connectivity index (χ1) is 9.56. The monoisotopic (exact) mass is 295 g/mol. The largest absolute Gasteiger partial charge is 0.378 e. The molecule has 6 nitrogen and oxygen atoms in total. The molecule has 1 saturated heterocycles. The van der Waals surface area contributed by atoms with E-state index in [-0.39, 0.29) is 23.5 Å². The highest BCUT2D eigenvalue weighted by molar-refractivity contribution is 7.89. The first kappa shape index (κ1) is 14.9. The fourth-order valence-electron chi connectivity index (χ4n) is 2.17. The zero-order chi connectivity index (χ0) is 14.6. The lowest BCUT2D eigenvalue weighted by molar-refractivity contribution is 0.103. The van der Waals surface area contributed by atoms with Crippen LogP contribution in [0.25, 0.3) is 0 Å². The first-order valence-corrected chi connectivity index (χ1v) is 7.77. The summed E-state index contributed by atoms with van der Waals surface area (Å²) in [6.45, 7) is 1.18. The molecule has 1 aliphatic rings. The van der Waals surface area contributed by atoms with Crippen molar-refractivity contribution in [2.45, 2.75) is 23.5 Å². The van der Waals surface area contributed by atoms with Crippen molar-refractivity contribution in [3.63, 3.8) is 0 Å². The van der Waals surface area contributed by atoms with E-state index in [1.54, 1.807) is 19.2 Å². The van der Waals surface area contributed by atoms with Gasteiger partial charge in [-0.05, 0) is 17.7 Å². The Labute approximate surface area is 118 Å². The Kier molecular flexibility index (Phi) is 4.73. The highest BCUT2D eigenvalue weighted by Gasteiger charge is 2.31. The van der Waals surface area contributed by atoms with Crippen molar-refractivity contribution in [1.82, 2.24) is 10.0 Å². The van der Waals surface area contributed by atoms with Gasteiger partial charge < -0.3 is 10.1 Å². The lowest BCUT2D eigenvalue weighted by atomic mass is 10.2. The fourth-order valence-corrected chi connectivity index (χ4v) is 3.43. The van der Waals surface area contributed by atoms with Crippen molar-refractivity contribution in [1.29, 1.82) is 5.26 Å². The molecule has 1 aromatic rings. The summed E-state index contributed by atoms with van der Waals surface area (Å²) < 4.78 is 32.4. The number of sulfonamides is 1. The quantitative estimate of drug-likeness (QED) is 0.799. The minimum atomic E-state index is -3.57. The van der Waals surface area contributed by atoms with Crippen molar-refractivity contribution in [2.24, 2.45) is 0 Å². The van der Waals surface area contributed by atoms with Crippen molar-refractivity contribution in [3.05, 3.63) is 29.8 Å². The van der Waals surface area contributed by atoms with E-state index in [0.717, 1.165) is 5.56 Å². The summed E-state index contributed by atoms with van der Waals surface area (Å²) in [5.74, 6) is 0. The van der Waals surface area contributed by atoms with Gasteiger partial charge in [0.25, 0.3) is 0 Å². The molecule has 0 bridgehead atoms. The summed E-state index contributed by atoms with van der Waals surface area (Å²) >= 11 is 0. The third-order valence-electron chi connectivity index (χ3n) is 3.28. The number of nitrogens with one attached hydrogen (secondary N) is 2. The SMILES string of the molecule is CO[C@H]1CNCC1NS(=O)(=O)c1ccc(CC#N)cc1. The summed E-state index contributed by atoms with van der Waals surface area (Å²) in [6, 6.07) is 8.08. The van der Waals surface area contributed by atoms with E-state index in [9.17, 15) is 8.42 Å². The molecule has 20 heavy (non-hydrogen) atoms. The minimum Gasteiger partial charge on any atom is -0.378 e. The van der Waals surface area contributed by atoms with Crippen LogP contribution in [0, 0.1) is 11.3 Å². The molecule has 2 atom stereocenters. The zero-order valence-corrected chi connectivity index (χ0v) is 12.0. The highest BCUT2D eigenvalue weighted by atomic mass is 32.2. The lowest BCUT2D eigenvalue weighted by Crippen LogP contribution is -2.43. The van der Waals surface area contributed by atoms with Gasteiger partial charge in [-0.25, -0.2) is 13.1 Å². The second kappa shape index (κ2) is 6.33. The summed E-state index contributed by atoms with van der Waals surface area (Å²) in [4.78, 5) is 0.195. The molecule has 2 rings (SSSR count). The van der Waals surface area contributed by atoms with E-state index in [2.05, 4.69) is 10.0 Å². The Hall–Kier alpha value is -1.46. The van der Waals surface area contributed by atoms with Crippen LogP contribution >= 0.6 is 0 Å². The molecule has 0 amide bonds. The molecule has 0 aromatic heterocycles. The second-order valence-corrected chi connectivity index (χ2v) is 6.35. The zero-order valence-electron chi connectivity index (χ0n) is 11.2. The molecule has 108 valence electrons. The van der Waals surface area contributed by atoms with Crippen LogP contribution in [0.4, 0.5) is 0 Å². The van der Waals surface area contributed by atoms with Crippen molar-refractivity contribution in [2.75, 3.05) is 20.2 Å². The van der Waals surface area contributed by atoms with Crippen LogP contribution in [0.15, 0.2) is 29.2 Å². The normalized spacial score (nSPS) is 22.6. The molecule has 1 unspecified atom stereocenters. The topological polar surface area (TPSA) is 91.2 Å².